The van der Waals surface area contributed by atoms with Crippen molar-refractivity contribution in [2.45, 2.75) is 23.8 Å². The summed E-state index contributed by atoms with van der Waals surface area (Å²) in [6.45, 7) is 0. The first-order valence-electron chi connectivity index (χ1n) is 7.17. The summed E-state index contributed by atoms with van der Waals surface area (Å²) in [7, 11) is -4.32. The van der Waals surface area contributed by atoms with Gasteiger partial charge in [0.05, 0.1) is 12.1 Å². The third kappa shape index (κ3) is 5.03. The summed E-state index contributed by atoms with van der Waals surface area (Å²) in [4.78, 5) is 1.81. The van der Waals surface area contributed by atoms with Gasteiger partial charge in [-0.2, -0.15) is 26.3 Å². The molecule has 0 saturated carbocycles. The number of rotatable bonds is 2. The Hall–Kier alpha value is -1.12. The van der Waals surface area contributed by atoms with E-state index in [-0.39, 0.29) is 11.6 Å². The van der Waals surface area contributed by atoms with Crippen LogP contribution in [-0.4, -0.2) is 48.7 Å². The van der Waals surface area contributed by atoms with E-state index in [2.05, 4.69) is 0 Å². The minimum absolute atomic E-state index is 0.158. The van der Waals surface area contributed by atoms with Crippen molar-refractivity contribution in [3.05, 3.63) is 55.2 Å². The molecule has 0 aromatic heterocycles. The fourth-order valence-corrected chi connectivity index (χ4v) is 5.85. The first kappa shape index (κ1) is 22.2. The Kier molecular flexibility index (Phi) is 6.34. The highest BCUT2D eigenvalue weighted by Gasteiger charge is 2.56. The van der Waals surface area contributed by atoms with Crippen LogP contribution in [0.2, 0.25) is 0 Å². The van der Waals surface area contributed by atoms with Gasteiger partial charge in [-0.05, 0) is 19.2 Å². The Bertz CT molecular complexity index is 849. The maximum atomic E-state index is 13.2. The summed E-state index contributed by atoms with van der Waals surface area (Å²) in [5.74, 6) is 0. The van der Waals surface area contributed by atoms with Crippen molar-refractivity contribution in [1.29, 1.82) is 0 Å². The fraction of sp³-hybridized carbons (Fsp3) is 0.333. The number of benzene rings is 1. The molecule has 3 rings (SSSR count). The molecule has 4 nitrogen and oxygen atoms in total. The summed E-state index contributed by atoms with van der Waals surface area (Å²) in [6.07, 6.45) is -0.647. The molecular weight excluding hydrogens is 515 g/mol. The number of nitrogens with zero attached hydrogens (tertiary/aromatic N) is 1. The van der Waals surface area contributed by atoms with Crippen molar-refractivity contribution in [2.75, 3.05) is 7.05 Å². The molecule has 12 heteroatoms. The van der Waals surface area contributed by atoms with Crippen LogP contribution in [0.15, 0.2) is 51.6 Å². The van der Waals surface area contributed by atoms with Crippen LogP contribution >= 0.6 is 0 Å². The minimum Gasteiger partial charge on any atom is -0.741 e. The summed E-state index contributed by atoms with van der Waals surface area (Å²) >= 11 is -0.760. The first-order chi connectivity index (χ1) is 12.2. The zero-order chi connectivity index (χ0) is 20.6. The van der Waals surface area contributed by atoms with Crippen molar-refractivity contribution in [1.82, 2.24) is 4.90 Å². The molecule has 0 amide bonds. The maximum Gasteiger partial charge on any atom is 0.485 e. The van der Waals surface area contributed by atoms with Gasteiger partial charge in [0, 0.05) is 0 Å². The lowest BCUT2D eigenvalue weighted by Gasteiger charge is -2.17. The molecule has 2 heterocycles. The van der Waals surface area contributed by atoms with Crippen molar-refractivity contribution in [3.8, 4) is 0 Å². The highest BCUT2D eigenvalue weighted by Crippen LogP contribution is 2.41. The van der Waals surface area contributed by atoms with Gasteiger partial charge in [-0.3, -0.25) is 4.90 Å². The van der Waals surface area contributed by atoms with Gasteiger partial charge in [0.25, 0.3) is 0 Å². The number of likely N-dealkylation sites (N-methyl/N-ethyl adjacent to an activating group) is 1. The van der Waals surface area contributed by atoms with Crippen LogP contribution in [0.3, 0.4) is 0 Å². The van der Waals surface area contributed by atoms with Gasteiger partial charge in [-0.1, -0.05) is 30.4 Å². The standard InChI is InChI=1S/C14H12F3IN.CHF3O3S/c1-19-10-7-8-11(19)13(12(10)14(15,16)17)18-9-5-3-2-4-6-9;2-1(3,4)8(5,6)7/h2-8,10-11H,1H3;(H,5,6,7)/q+1;/p-1/t10-,11+;/m1./s1. The zero-order valence-electron chi connectivity index (χ0n) is 13.4. The van der Waals surface area contributed by atoms with Gasteiger partial charge in [-0.25, -0.2) is 8.42 Å². The van der Waals surface area contributed by atoms with Gasteiger partial charge in [0.15, 0.2) is 13.7 Å². The SMILES string of the molecule is CN1[C@@H]2C=C[C@H]1C([I+]c1ccccc1)=C2C(F)(F)F.O=S(=O)([O-])C(F)(F)F. The monoisotopic (exact) mass is 527 g/mol. The summed E-state index contributed by atoms with van der Waals surface area (Å²) in [5.41, 5.74) is -5.97. The van der Waals surface area contributed by atoms with Gasteiger partial charge < -0.3 is 4.55 Å². The molecule has 0 spiro atoms. The molecule has 1 aromatic carbocycles. The lowest BCUT2D eigenvalue weighted by atomic mass is 10.1. The molecule has 0 saturated heterocycles. The molecule has 27 heavy (non-hydrogen) atoms. The number of hydrogen-bond donors (Lipinski definition) is 0. The lowest BCUT2D eigenvalue weighted by Crippen LogP contribution is -3.61. The van der Waals surface area contributed by atoms with E-state index >= 15 is 0 Å². The molecule has 0 fully saturated rings. The van der Waals surface area contributed by atoms with Crippen LogP contribution < -0.4 is 21.2 Å². The fourth-order valence-electron chi connectivity index (χ4n) is 2.52. The number of fused-ring (bicyclic) bond motifs is 2. The second-order valence-corrected chi connectivity index (χ2v) is 9.81. The van der Waals surface area contributed by atoms with Crippen LogP contribution in [0.25, 0.3) is 0 Å². The molecule has 0 aliphatic carbocycles. The second kappa shape index (κ2) is 7.72. The Morgan fingerprint density at radius 1 is 1.00 bits per heavy atom. The van der Waals surface area contributed by atoms with Crippen LogP contribution in [0, 0.1) is 3.57 Å². The molecule has 2 aliphatic heterocycles. The van der Waals surface area contributed by atoms with Crippen molar-refractivity contribution < 1.29 is 60.5 Å². The van der Waals surface area contributed by atoms with E-state index in [9.17, 15) is 26.3 Å². The van der Waals surface area contributed by atoms with Gasteiger partial charge >= 0.3 is 32.9 Å². The smallest absolute Gasteiger partial charge is 0.485 e. The van der Waals surface area contributed by atoms with E-state index in [4.69, 9.17) is 13.0 Å². The number of halogens is 7. The third-order valence-electron chi connectivity index (χ3n) is 3.70. The van der Waals surface area contributed by atoms with Crippen LogP contribution in [0.5, 0.6) is 0 Å². The summed E-state index contributed by atoms with van der Waals surface area (Å²) in [5, 5.41) is 0. The van der Waals surface area contributed by atoms with Crippen molar-refractivity contribution in [2.24, 2.45) is 0 Å². The molecule has 0 unspecified atom stereocenters. The van der Waals surface area contributed by atoms with Gasteiger partial charge in [-0.15, -0.1) is 0 Å². The Morgan fingerprint density at radius 2 is 1.48 bits per heavy atom. The topological polar surface area (TPSA) is 60.4 Å². The molecule has 2 bridgehead atoms. The van der Waals surface area contributed by atoms with E-state index in [0.717, 1.165) is 3.57 Å². The van der Waals surface area contributed by atoms with E-state index in [1.54, 1.807) is 18.0 Å². The molecule has 2 atom stereocenters. The van der Waals surface area contributed by atoms with E-state index < -0.39 is 49.0 Å². The highest BCUT2D eigenvalue weighted by molar-refractivity contribution is 7.86. The Labute approximate surface area is 161 Å². The van der Waals surface area contributed by atoms with Crippen molar-refractivity contribution in [3.63, 3.8) is 0 Å². The average Bonchev–Trinajstić information content (AvgIpc) is 2.99. The van der Waals surface area contributed by atoms with E-state index in [1.165, 1.54) is 0 Å². The highest BCUT2D eigenvalue weighted by atomic mass is 127. The van der Waals surface area contributed by atoms with Crippen LogP contribution in [0.1, 0.15) is 0 Å². The van der Waals surface area contributed by atoms with Crippen LogP contribution in [-0.2, 0) is 10.1 Å². The second-order valence-electron chi connectivity index (χ2n) is 5.49. The molecular formula is C15H12F6INO3S. The average molecular weight is 527 g/mol. The summed E-state index contributed by atoms with van der Waals surface area (Å²) in [6, 6.07) is 8.76. The number of hydrogen-bond acceptors (Lipinski definition) is 4. The lowest BCUT2D eigenvalue weighted by molar-refractivity contribution is -0.581. The zero-order valence-corrected chi connectivity index (χ0v) is 16.4. The Balaban J connectivity index is 0.000000279. The van der Waals surface area contributed by atoms with E-state index in [1.807, 2.05) is 36.4 Å². The maximum absolute atomic E-state index is 13.2. The molecule has 0 N–H and O–H groups in total. The van der Waals surface area contributed by atoms with Gasteiger partial charge in [0.1, 0.15) is 5.57 Å². The van der Waals surface area contributed by atoms with E-state index in [0.29, 0.717) is 3.58 Å². The molecule has 1 aromatic rings. The minimum atomic E-state index is -6.09. The number of alkyl halides is 6. The third-order valence-corrected chi connectivity index (χ3v) is 7.41. The van der Waals surface area contributed by atoms with Crippen LogP contribution in [0.4, 0.5) is 26.3 Å². The molecule has 2 aliphatic rings. The predicted molar refractivity (Wildman–Crippen MR) is 78.5 cm³/mol. The predicted octanol–water partition coefficient (Wildman–Crippen LogP) is 0.0654. The molecule has 0 radical (unpaired) electrons. The first-order valence-corrected chi connectivity index (χ1v) is 10.7. The normalized spacial score (nSPS) is 22.8. The Morgan fingerprint density at radius 3 is 1.93 bits per heavy atom. The van der Waals surface area contributed by atoms with Crippen molar-refractivity contribution >= 4 is 10.1 Å². The van der Waals surface area contributed by atoms with Gasteiger partial charge in [0.2, 0.25) is 3.58 Å². The molecule has 150 valence electrons. The largest absolute Gasteiger partial charge is 0.741 e. The summed E-state index contributed by atoms with van der Waals surface area (Å²) < 4.78 is 100. The quantitative estimate of drug-likeness (QED) is 0.180.